The van der Waals surface area contributed by atoms with Crippen molar-refractivity contribution in [1.82, 2.24) is 14.9 Å². The zero-order valence-corrected chi connectivity index (χ0v) is 12.4. The van der Waals surface area contributed by atoms with Gasteiger partial charge in [-0.25, -0.2) is 4.98 Å². The van der Waals surface area contributed by atoms with Crippen LogP contribution in [0.4, 0.5) is 0 Å². The van der Waals surface area contributed by atoms with Gasteiger partial charge in [-0.3, -0.25) is 0 Å². The van der Waals surface area contributed by atoms with Crippen molar-refractivity contribution in [3.8, 4) is 0 Å². The van der Waals surface area contributed by atoms with Crippen LogP contribution in [0.2, 0.25) is 5.02 Å². The van der Waals surface area contributed by atoms with E-state index in [1.54, 1.807) is 0 Å². The Labute approximate surface area is 125 Å². The second kappa shape index (κ2) is 5.98. The number of benzene rings is 1. The Morgan fingerprint density at radius 1 is 1.35 bits per heavy atom. The Morgan fingerprint density at radius 2 is 2.10 bits per heavy atom. The molecule has 2 aromatic rings. The van der Waals surface area contributed by atoms with E-state index in [0.717, 1.165) is 17.5 Å². The third-order valence-electron chi connectivity index (χ3n) is 3.83. The van der Waals surface area contributed by atoms with E-state index in [0.29, 0.717) is 12.1 Å². The molecule has 0 bridgehead atoms. The molecule has 0 saturated heterocycles. The van der Waals surface area contributed by atoms with Crippen LogP contribution in [0.3, 0.4) is 0 Å². The maximum absolute atomic E-state index is 5.98. The monoisotopic (exact) mass is 289 g/mol. The Balaban J connectivity index is 1.66. The smallest absolute Gasteiger partial charge is 0.0946 e. The van der Waals surface area contributed by atoms with Crippen molar-refractivity contribution < 1.29 is 0 Å². The van der Waals surface area contributed by atoms with Gasteiger partial charge in [0.15, 0.2) is 0 Å². The number of nitrogens with one attached hydrogen (secondary N) is 1. The zero-order chi connectivity index (χ0) is 13.9. The number of rotatable bonds is 6. The van der Waals surface area contributed by atoms with E-state index < -0.39 is 0 Å². The molecule has 1 saturated carbocycles. The Morgan fingerprint density at radius 3 is 2.70 bits per heavy atom. The standard InChI is InChI=1S/C16H20ClN3/c1-12(10-20-9-8-18-11-20)19-16(13-2-3-13)14-4-6-15(17)7-5-14/h4-9,11-13,16,19H,2-3,10H2,1H3. The molecule has 0 amide bonds. The van der Waals surface area contributed by atoms with Gasteiger partial charge < -0.3 is 9.88 Å². The molecule has 1 aromatic carbocycles. The summed E-state index contributed by atoms with van der Waals surface area (Å²) >= 11 is 5.98. The highest BCUT2D eigenvalue weighted by Crippen LogP contribution is 2.41. The van der Waals surface area contributed by atoms with Crippen molar-refractivity contribution >= 4 is 11.6 Å². The van der Waals surface area contributed by atoms with Gasteiger partial charge in [0, 0.05) is 36.0 Å². The summed E-state index contributed by atoms with van der Waals surface area (Å²) in [6.45, 7) is 3.17. The second-order valence-electron chi connectivity index (χ2n) is 5.69. The molecule has 106 valence electrons. The number of hydrogen-bond acceptors (Lipinski definition) is 2. The topological polar surface area (TPSA) is 29.9 Å². The normalized spacial score (nSPS) is 17.9. The maximum Gasteiger partial charge on any atom is 0.0946 e. The van der Waals surface area contributed by atoms with Crippen LogP contribution in [0.1, 0.15) is 31.4 Å². The maximum atomic E-state index is 5.98. The molecule has 3 nitrogen and oxygen atoms in total. The lowest BCUT2D eigenvalue weighted by molar-refractivity contribution is 0.387. The first-order valence-electron chi connectivity index (χ1n) is 7.19. The SMILES string of the molecule is CC(Cn1ccnc1)NC(c1ccc(Cl)cc1)C1CC1. The first-order valence-corrected chi connectivity index (χ1v) is 7.57. The van der Waals surface area contributed by atoms with Gasteiger partial charge in [0.2, 0.25) is 0 Å². The molecule has 1 fully saturated rings. The van der Waals surface area contributed by atoms with Crippen molar-refractivity contribution in [1.29, 1.82) is 0 Å². The summed E-state index contributed by atoms with van der Waals surface area (Å²) in [5.41, 5.74) is 1.34. The minimum Gasteiger partial charge on any atom is -0.336 e. The van der Waals surface area contributed by atoms with Crippen LogP contribution in [0, 0.1) is 5.92 Å². The molecule has 1 heterocycles. The highest BCUT2D eigenvalue weighted by atomic mass is 35.5. The fourth-order valence-corrected chi connectivity index (χ4v) is 2.80. The molecule has 4 heteroatoms. The number of halogens is 1. The first-order chi connectivity index (χ1) is 9.72. The lowest BCUT2D eigenvalue weighted by atomic mass is 10.0. The summed E-state index contributed by atoms with van der Waals surface area (Å²) in [5, 5.41) is 4.56. The lowest BCUT2D eigenvalue weighted by Crippen LogP contribution is -2.34. The van der Waals surface area contributed by atoms with Gasteiger partial charge in [-0.05, 0) is 43.4 Å². The van der Waals surface area contributed by atoms with Crippen molar-refractivity contribution in [3.63, 3.8) is 0 Å². The Hall–Kier alpha value is -1.32. The summed E-state index contributed by atoms with van der Waals surface area (Å²) < 4.78 is 2.11. The van der Waals surface area contributed by atoms with Crippen molar-refractivity contribution in [2.45, 2.75) is 38.4 Å². The summed E-state index contributed by atoms with van der Waals surface area (Å²) in [5.74, 6) is 0.765. The average Bonchev–Trinajstić information content (AvgIpc) is 3.16. The van der Waals surface area contributed by atoms with Crippen LogP contribution in [-0.4, -0.2) is 15.6 Å². The van der Waals surface area contributed by atoms with E-state index >= 15 is 0 Å². The van der Waals surface area contributed by atoms with Crippen LogP contribution in [0.25, 0.3) is 0 Å². The molecular weight excluding hydrogens is 270 g/mol. The van der Waals surface area contributed by atoms with E-state index in [9.17, 15) is 0 Å². The number of nitrogens with zero attached hydrogens (tertiary/aromatic N) is 2. The molecule has 2 atom stereocenters. The average molecular weight is 290 g/mol. The van der Waals surface area contributed by atoms with E-state index in [-0.39, 0.29) is 0 Å². The predicted octanol–water partition coefficient (Wildman–Crippen LogP) is 3.67. The van der Waals surface area contributed by atoms with E-state index in [1.807, 2.05) is 30.9 Å². The molecule has 1 N–H and O–H groups in total. The van der Waals surface area contributed by atoms with E-state index in [1.165, 1.54) is 18.4 Å². The highest BCUT2D eigenvalue weighted by Gasteiger charge is 2.32. The molecule has 2 unspecified atom stereocenters. The van der Waals surface area contributed by atoms with Crippen LogP contribution >= 0.6 is 11.6 Å². The molecule has 20 heavy (non-hydrogen) atoms. The Kier molecular flexibility index (Phi) is 4.08. The van der Waals surface area contributed by atoms with E-state index in [4.69, 9.17) is 11.6 Å². The van der Waals surface area contributed by atoms with Crippen molar-refractivity contribution in [2.75, 3.05) is 0 Å². The summed E-state index contributed by atoms with van der Waals surface area (Å²) in [6.07, 6.45) is 8.33. The third-order valence-corrected chi connectivity index (χ3v) is 4.08. The number of aromatic nitrogens is 2. The van der Waals surface area contributed by atoms with Gasteiger partial charge in [-0.2, -0.15) is 0 Å². The van der Waals surface area contributed by atoms with Gasteiger partial charge in [0.05, 0.1) is 6.33 Å². The molecule has 1 aromatic heterocycles. The van der Waals surface area contributed by atoms with Crippen LogP contribution in [0.15, 0.2) is 43.0 Å². The predicted molar refractivity (Wildman–Crippen MR) is 81.7 cm³/mol. The molecule has 3 rings (SSSR count). The number of imidazole rings is 1. The lowest BCUT2D eigenvalue weighted by Gasteiger charge is -2.24. The molecular formula is C16H20ClN3. The van der Waals surface area contributed by atoms with Crippen LogP contribution in [0.5, 0.6) is 0 Å². The quantitative estimate of drug-likeness (QED) is 0.879. The van der Waals surface area contributed by atoms with Crippen molar-refractivity contribution in [3.05, 3.63) is 53.6 Å². The summed E-state index contributed by atoms with van der Waals surface area (Å²) in [4.78, 5) is 4.09. The number of hydrogen-bond donors (Lipinski definition) is 1. The molecule has 0 aliphatic heterocycles. The third kappa shape index (κ3) is 3.41. The van der Waals surface area contributed by atoms with Crippen molar-refractivity contribution in [2.24, 2.45) is 5.92 Å². The fourth-order valence-electron chi connectivity index (χ4n) is 2.67. The van der Waals surface area contributed by atoms with E-state index in [2.05, 4.69) is 33.9 Å². The Bertz CT molecular complexity index is 531. The second-order valence-corrected chi connectivity index (χ2v) is 6.13. The minimum absolute atomic E-state index is 0.408. The van der Waals surface area contributed by atoms with Gasteiger partial charge in [0.25, 0.3) is 0 Å². The van der Waals surface area contributed by atoms with Gasteiger partial charge in [-0.15, -0.1) is 0 Å². The minimum atomic E-state index is 0.408. The molecule has 1 aliphatic rings. The highest BCUT2D eigenvalue weighted by molar-refractivity contribution is 6.30. The van der Waals surface area contributed by atoms with Gasteiger partial charge >= 0.3 is 0 Å². The first kappa shape index (κ1) is 13.7. The fraction of sp³-hybridized carbons (Fsp3) is 0.438. The van der Waals surface area contributed by atoms with Gasteiger partial charge in [-0.1, -0.05) is 23.7 Å². The molecule has 0 spiro atoms. The summed E-state index contributed by atoms with van der Waals surface area (Å²) in [7, 11) is 0. The largest absolute Gasteiger partial charge is 0.336 e. The molecule has 0 radical (unpaired) electrons. The van der Waals surface area contributed by atoms with Crippen LogP contribution in [-0.2, 0) is 6.54 Å². The van der Waals surface area contributed by atoms with Gasteiger partial charge in [0.1, 0.15) is 0 Å². The summed E-state index contributed by atoms with van der Waals surface area (Å²) in [6, 6.07) is 9.09. The molecule has 1 aliphatic carbocycles. The zero-order valence-electron chi connectivity index (χ0n) is 11.7. The van der Waals surface area contributed by atoms with Crippen LogP contribution < -0.4 is 5.32 Å².